The van der Waals surface area contributed by atoms with E-state index in [1.165, 1.54) is 0 Å². The molecule has 0 rings (SSSR count). The van der Waals surface area contributed by atoms with Crippen LogP contribution < -0.4 is 0 Å². The Bertz CT molecular complexity index is 236. The molecule has 18 heavy (non-hydrogen) atoms. The van der Waals surface area contributed by atoms with Gasteiger partial charge in [0.1, 0.15) is 0 Å². The molecule has 5 nitrogen and oxygen atoms in total. The lowest BCUT2D eigenvalue weighted by Gasteiger charge is -2.25. The smallest absolute Gasteiger partial charge is 0.333 e. The Kier molecular flexibility index (Phi) is 10.3. The Balaban J connectivity index is 4.54. The summed E-state index contributed by atoms with van der Waals surface area (Å²) >= 11 is 0. The molecule has 0 spiro atoms. The molecule has 0 fully saturated rings. The Labute approximate surface area is 113 Å². The van der Waals surface area contributed by atoms with Crippen molar-refractivity contribution in [3.63, 3.8) is 0 Å². The maximum atomic E-state index is 12.5. The maximum absolute atomic E-state index is 12.5. The maximum Gasteiger partial charge on any atom is 0.333 e. The monoisotopic (exact) mass is 298 g/mol. The van der Waals surface area contributed by atoms with Gasteiger partial charge < -0.3 is 17.9 Å². The molecule has 110 valence electrons. The molecule has 0 saturated carbocycles. The summed E-state index contributed by atoms with van der Waals surface area (Å²) in [5, 5.41) is 0. The second kappa shape index (κ2) is 10.1. The summed E-state index contributed by atoms with van der Waals surface area (Å²) in [6.45, 7) is 11.4. The van der Waals surface area contributed by atoms with Gasteiger partial charge >= 0.3 is 16.9 Å². The van der Waals surface area contributed by atoms with Crippen molar-refractivity contribution in [3.05, 3.63) is 0 Å². The highest BCUT2D eigenvalue weighted by molar-refractivity contribution is 7.54. The van der Waals surface area contributed by atoms with E-state index in [0.717, 1.165) is 0 Å². The van der Waals surface area contributed by atoms with Gasteiger partial charge in [0.2, 0.25) is 0 Å². The minimum absolute atomic E-state index is 0.188. The summed E-state index contributed by atoms with van der Waals surface area (Å²) in [4.78, 5) is 0. The highest BCUT2D eigenvalue weighted by Crippen LogP contribution is 2.54. The zero-order valence-electron chi connectivity index (χ0n) is 12.2. The quantitative estimate of drug-likeness (QED) is 0.433. The van der Waals surface area contributed by atoms with Crippen LogP contribution in [-0.4, -0.2) is 41.4 Å². The van der Waals surface area contributed by atoms with Gasteiger partial charge in [0.15, 0.2) is 0 Å². The summed E-state index contributed by atoms with van der Waals surface area (Å²) in [5.41, 5.74) is -0.188. The fraction of sp³-hybridized carbons (Fsp3) is 1.00. The lowest BCUT2D eigenvalue weighted by atomic mass is 10.6. The summed E-state index contributed by atoms with van der Waals surface area (Å²) < 4.78 is 34.4. The molecule has 7 heteroatoms. The van der Waals surface area contributed by atoms with E-state index >= 15 is 0 Å². The van der Waals surface area contributed by atoms with E-state index in [0.29, 0.717) is 32.5 Å². The first-order valence-electron chi connectivity index (χ1n) is 6.65. The van der Waals surface area contributed by atoms with E-state index in [9.17, 15) is 4.57 Å². The van der Waals surface area contributed by atoms with Crippen molar-refractivity contribution in [2.24, 2.45) is 0 Å². The first kappa shape index (κ1) is 18.3. The SMILES string of the molecule is CCO[SiH](CC(C)P(=O)(OCC)OCC)OCC. The van der Waals surface area contributed by atoms with E-state index < -0.39 is 16.9 Å². The highest BCUT2D eigenvalue weighted by atomic mass is 31.2. The van der Waals surface area contributed by atoms with Crippen LogP contribution in [0.1, 0.15) is 34.6 Å². The zero-order valence-corrected chi connectivity index (χ0v) is 14.2. The highest BCUT2D eigenvalue weighted by Gasteiger charge is 2.34. The second-order valence-corrected chi connectivity index (χ2v) is 8.28. The minimum Gasteiger partial charge on any atom is -0.397 e. The first-order chi connectivity index (χ1) is 8.53. The molecule has 0 bridgehead atoms. The number of rotatable bonds is 11. The lowest BCUT2D eigenvalue weighted by Crippen LogP contribution is -2.27. The molecule has 0 aromatic carbocycles. The van der Waals surface area contributed by atoms with Gasteiger partial charge in [0.25, 0.3) is 0 Å². The van der Waals surface area contributed by atoms with Crippen molar-refractivity contribution in [2.75, 3.05) is 26.4 Å². The molecule has 1 unspecified atom stereocenters. The predicted molar refractivity (Wildman–Crippen MR) is 75.5 cm³/mol. The molecule has 0 aliphatic rings. The van der Waals surface area contributed by atoms with Crippen LogP contribution in [0, 0.1) is 0 Å². The van der Waals surface area contributed by atoms with Crippen LogP contribution in [0.2, 0.25) is 6.04 Å². The van der Waals surface area contributed by atoms with E-state index in [-0.39, 0.29) is 5.66 Å². The van der Waals surface area contributed by atoms with E-state index in [1.54, 1.807) is 0 Å². The second-order valence-electron chi connectivity index (χ2n) is 3.80. The summed E-state index contributed by atoms with van der Waals surface area (Å²) in [7, 11) is -4.81. The van der Waals surface area contributed by atoms with Gasteiger partial charge in [0, 0.05) is 19.3 Å². The predicted octanol–water partition coefficient (Wildman–Crippen LogP) is 2.93. The molecule has 0 N–H and O–H groups in total. The van der Waals surface area contributed by atoms with Gasteiger partial charge in [-0.2, -0.15) is 0 Å². The lowest BCUT2D eigenvalue weighted by molar-refractivity contribution is 0.201. The van der Waals surface area contributed by atoms with Crippen LogP contribution in [0.25, 0.3) is 0 Å². The molecular weight excluding hydrogens is 271 g/mol. The van der Waals surface area contributed by atoms with Crippen molar-refractivity contribution >= 4 is 16.9 Å². The topological polar surface area (TPSA) is 54.0 Å². The molecule has 0 aromatic heterocycles. The number of hydrogen-bond donors (Lipinski definition) is 0. The molecule has 0 radical (unpaired) electrons. The van der Waals surface area contributed by atoms with Crippen LogP contribution in [-0.2, 0) is 22.5 Å². The van der Waals surface area contributed by atoms with Crippen molar-refractivity contribution in [3.8, 4) is 0 Å². The third-order valence-corrected chi connectivity index (χ3v) is 7.82. The number of hydrogen-bond acceptors (Lipinski definition) is 5. The Hall–Kier alpha value is 0.287. The molecule has 1 atom stereocenters. The first-order valence-corrected chi connectivity index (χ1v) is 10.0. The molecule has 0 aliphatic carbocycles. The van der Waals surface area contributed by atoms with Gasteiger partial charge in [-0.15, -0.1) is 0 Å². The fourth-order valence-corrected chi connectivity index (χ4v) is 6.14. The van der Waals surface area contributed by atoms with Crippen molar-refractivity contribution < 1.29 is 22.5 Å². The van der Waals surface area contributed by atoms with Crippen LogP contribution in [0.4, 0.5) is 0 Å². The van der Waals surface area contributed by atoms with Gasteiger partial charge in [-0.25, -0.2) is 0 Å². The van der Waals surface area contributed by atoms with Gasteiger partial charge in [-0.1, -0.05) is 6.92 Å². The van der Waals surface area contributed by atoms with E-state index in [2.05, 4.69) is 0 Å². The van der Waals surface area contributed by atoms with Crippen molar-refractivity contribution in [2.45, 2.75) is 46.3 Å². The molecule has 0 heterocycles. The molecule has 0 aromatic rings. The van der Waals surface area contributed by atoms with Gasteiger partial charge in [-0.05, 0) is 27.7 Å². The Morgan fingerprint density at radius 1 is 0.944 bits per heavy atom. The van der Waals surface area contributed by atoms with Crippen LogP contribution in [0.5, 0.6) is 0 Å². The van der Waals surface area contributed by atoms with E-state index in [1.807, 2.05) is 34.6 Å². The molecule has 0 aliphatic heterocycles. The van der Waals surface area contributed by atoms with Crippen LogP contribution in [0.15, 0.2) is 0 Å². The minimum atomic E-state index is -3.04. The molecule has 0 amide bonds. The summed E-state index contributed by atoms with van der Waals surface area (Å²) in [6, 6.07) is 0.638. The average Bonchev–Trinajstić information content (AvgIpc) is 2.30. The summed E-state index contributed by atoms with van der Waals surface area (Å²) in [5.74, 6) is 0. The van der Waals surface area contributed by atoms with Crippen molar-refractivity contribution in [1.82, 2.24) is 0 Å². The molecular formula is C11H27O5PSi. The fourth-order valence-electron chi connectivity index (χ4n) is 1.62. The Morgan fingerprint density at radius 2 is 1.39 bits per heavy atom. The zero-order chi connectivity index (χ0) is 14.0. The third kappa shape index (κ3) is 6.45. The normalized spacial score (nSPS) is 14.1. The van der Waals surface area contributed by atoms with Crippen LogP contribution in [0.3, 0.4) is 0 Å². The van der Waals surface area contributed by atoms with Gasteiger partial charge in [0.05, 0.1) is 18.9 Å². The van der Waals surface area contributed by atoms with Crippen molar-refractivity contribution in [1.29, 1.82) is 0 Å². The van der Waals surface area contributed by atoms with Crippen LogP contribution >= 0.6 is 7.60 Å². The summed E-state index contributed by atoms with van der Waals surface area (Å²) in [6.07, 6.45) is 0. The van der Waals surface area contributed by atoms with E-state index in [4.69, 9.17) is 17.9 Å². The third-order valence-electron chi connectivity index (χ3n) is 2.40. The largest absolute Gasteiger partial charge is 0.397 e. The standard InChI is InChI=1S/C11H27O5PSi/c1-6-13-17(12,14-7-2)11(5)10-18(15-8-3)16-9-4/h11,18H,6-10H2,1-5H3. The van der Waals surface area contributed by atoms with Gasteiger partial charge in [-0.3, -0.25) is 4.57 Å². The average molecular weight is 298 g/mol. The Morgan fingerprint density at radius 3 is 1.72 bits per heavy atom. The molecule has 0 saturated heterocycles.